The van der Waals surface area contributed by atoms with Crippen molar-refractivity contribution in [3.63, 3.8) is 0 Å². The Balaban J connectivity index is 2.33. The molecule has 0 radical (unpaired) electrons. The second-order valence-corrected chi connectivity index (χ2v) is 4.01. The summed E-state index contributed by atoms with van der Waals surface area (Å²) >= 11 is 0. The van der Waals surface area contributed by atoms with Crippen LogP contribution in [0.25, 0.3) is 0 Å². The first-order valence-corrected chi connectivity index (χ1v) is 5.71. The van der Waals surface area contributed by atoms with Crippen molar-refractivity contribution in [1.82, 2.24) is 9.97 Å². The van der Waals surface area contributed by atoms with Crippen LogP contribution in [0.3, 0.4) is 0 Å². The Bertz CT molecular complexity index is 271. The lowest BCUT2D eigenvalue weighted by molar-refractivity contribution is 0.551. The van der Waals surface area contributed by atoms with E-state index in [0.29, 0.717) is 5.92 Å². The van der Waals surface area contributed by atoms with Gasteiger partial charge < -0.3 is 0 Å². The monoisotopic (exact) mass is 210 g/mol. The lowest BCUT2D eigenvalue weighted by atomic mass is 10.0. The number of aromatic nitrogens is 2. The SMILES string of the molecule is CCCCCCC(C)c1ncc(F)cn1. The van der Waals surface area contributed by atoms with Crippen molar-refractivity contribution in [2.75, 3.05) is 0 Å². The minimum Gasteiger partial charge on any atom is -0.238 e. The van der Waals surface area contributed by atoms with Gasteiger partial charge in [0.1, 0.15) is 5.82 Å². The zero-order chi connectivity index (χ0) is 11.1. The minimum absolute atomic E-state index is 0.336. The maximum absolute atomic E-state index is 12.6. The molecule has 1 heterocycles. The van der Waals surface area contributed by atoms with E-state index >= 15 is 0 Å². The molecule has 3 heteroatoms. The second kappa shape index (κ2) is 6.49. The van der Waals surface area contributed by atoms with Crippen LogP contribution in [-0.2, 0) is 0 Å². The summed E-state index contributed by atoms with van der Waals surface area (Å²) in [6, 6.07) is 0. The molecule has 0 aliphatic heterocycles. The summed E-state index contributed by atoms with van der Waals surface area (Å²) in [5.41, 5.74) is 0. The average Bonchev–Trinajstić information content (AvgIpc) is 2.25. The first kappa shape index (κ1) is 12.1. The molecule has 0 aliphatic carbocycles. The van der Waals surface area contributed by atoms with Crippen LogP contribution in [0.5, 0.6) is 0 Å². The third kappa shape index (κ3) is 4.36. The highest BCUT2D eigenvalue weighted by molar-refractivity contribution is 4.96. The lowest BCUT2D eigenvalue weighted by Gasteiger charge is -2.08. The van der Waals surface area contributed by atoms with Crippen LogP contribution in [0, 0.1) is 5.82 Å². The van der Waals surface area contributed by atoms with E-state index in [1.54, 1.807) is 0 Å². The summed E-state index contributed by atoms with van der Waals surface area (Å²) in [6.07, 6.45) is 8.58. The quantitative estimate of drug-likeness (QED) is 0.669. The number of rotatable bonds is 6. The smallest absolute Gasteiger partial charge is 0.159 e. The van der Waals surface area contributed by atoms with E-state index in [1.165, 1.54) is 38.1 Å². The fourth-order valence-corrected chi connectivity index (χ4v) is 1.58. The highest BCUT2D eigenvalue weighted by Gasteiger charge is 2.07. The highest BCUT2D eigenvalue weighted by atomic mass is 19.1. The summed E-state index contributed by atoms with van der Waals surface area (Å²) in [7, 11) is 0. The number of nitrogens with zero attached hydrogens (tertiary/aromatic N) is 2. The molecule has 0 fully saturated rings. The summed E-state index contributed by atoms with van der Waals surface area (Å²) in [5, 5.41) is 0. The molecule has 0 saturated carbocycles. The van der Waals surface area contributed by atoms with Gasteiger partial charge in [-0.2, -0.15) is 0 Å². The molecule has 0 spiro atoms. The van der Waals surface area contributed by atoms with Gasteiger partial charge in [-0.3, -0.25) is 0 Å². The van der Waals surface area contributed by atoms with E-state index in [9.17, 15) is 4.39 Å². The van der Waals surface area contributed by atoms with Crippen LogP contribution in [0.1, 0.15) is 57.7 Å². The maximum atomic E-state index is 12.6. The zero-order valence-electron chi connectivity index (χ0n) is 9.54. The van der Waals surface area contributed by atoms with E-state index in [2.05, 4.69) is 23.8 Å². The van der Waals surface area contributed by atoms with E-state index in [4.69, 9.17) is 0 Å². The molecule has 1 aromatic rings. The summed E-state index contributed by atoms with van der Waals surface area (Å²) < 4.78 is 12.6. The Hall–Kier alpha value is -0.990. The molecule has 0 bridgehead atoms. The predicted molar refractivity (Wildman–Crippen MR) is 59.2 cm³/mol. The molecular formula is C12H19FN2. The number of hydrogen-bond acceptors (Lipinski definition) is 2. The Labute approximate surface area is 91.0 Å². The Morgan fingerprint density at radius 1 is 1.20 bits per heavy atom. The summed E-state index contributed by atoms with van der Waals surface area (Å²) in [5.74, 6) is 0.729. The van der Waals surface area contributed by atoms with Crippen LogP contribution in [0.4, 0.5) is 4.39 Å². The van der Waals surface area contributed by atoms with Crippen molar-refractivity contribution < 1.29 is 4.39 Å². The number of halogens is 1. The molecule has 0 aliphatic rings. The summed E-state index contributed by atoms with van der Waals surface area (Å²) in [6.45, 7) is 4.30. The zero-order valence-corrected chi connectivity index (χ0v) is 9.54. The van der Waals surface area contributed by atoms with Crippen LogP contribution >= 0.6 is 0 Å². The minimum atomic E-state index is -0.364. The van der Waals surface area contributed by atoms with Crippen molar-refractivity contribution in [3.05, 3.63) is 24.0 Å². The fraction of sp³-hybridized carbons (Fsp3) is 0.667. The third-order valence-electron chi connectivity index (χ3n) is 2.57. The molecule has 1 rings (SSSR count). The van der Waals surface area contributed by atoms with Crippen molar-refractivity contribution in [2.45, 2.75) is 51.9 Å². The Morgan fingerprint density at radius 2 is 1.87 bits per heavy atom. The van der Waals surface area contributed by atoms with Gasteiger partial charge in [0.05, 0.1) is 12.4 Å². The molecule has 1 aromatic heterocycles. The van der Waals surface area contributed by atoms with E-state index in [1.807, 2.05) is 0 Å². The average molecular weight is 210 g/mol. The molecule has 0 amide bonds. The van der Waals surface area contributed by atoms with Crippen LogP contribution in [0.2, 0.25) is 0 Å². The van der Waals surface area contributed by atoms with Crippen molar-refractivity contribution in [3.8, 4) is 0 Å². The van der Waals surface area contributed by atoms with Gasteiger partial charge in [0, 0.05) is 5.92 Å². The molecule has 0 N–H and O–H groups in total. The first-order chi connectivity index (χ1) is 7.24. The standard InChI is InChI=1S/C12H19FN2/c1-3-4-5-6-7-10(2)12-14-8-11(13)9-15-12/h8-10H,3-7H2,1-2H3. The molecule has 0 aromatic carbocycles. The maximum Gasteiger partial charge on any atom is 0.159 e. The fourth-order valence-electron chi connectivity index (χ4n) is 1.58. The molecule has 0 saturated heterocycles. The molecular weight excluding hydrogens is 191 g/mol. The van der Waals surface area contributed by atoms with E-state index in [0.717, 1.165) is 12.2 Å². The first-order valence-electron chi connectivity index (χ1n) is 5.71. The number of hydrogen-bond donors (Lipinski definition) is 0. The van der Waals surface area contributed by atoms with Gasteiger partial charge in [-0.25, -0.2) is 14.4 Å². The van der Waals surface area contributed by atoms with Gasteiger partial charge in [-0.15, -0.1) is 0 Å². The van der Waals surface area contributed by atoms with Gasteiger partial charge in [0.2, 0.25) is 0 Å². The number of unbranched alkanes of at least 4 members (excludes halogenated alkanes) is 3. The topological polar surface area (TPSA) is 25.8 Å². The lowest BCUT2D eigenvalue weighted by Crippen LogP contribution is -2.01. The van der Waals surface area contributed by atoms with Crippen molar-refractivity contribution in [1.29, 1.82) is 0 Å². The van der Waals surface area contributed by atoms with Crippen LogP contribution < -0.4 is 0 Å². The van der Waals surface area contributed by atoms with Gasteiger partial charge in [0.15, 0.2) is 5.82 Å². The largest absolute Gasteiger partial charge is 0.238 e. The van der Waals surface area contributed by atoms with Crippen molar-refractivity contribution >= 4 is 0 Å². The predicted octanol–water partition coefficient (Wildman–Crippen LogP) is 3.69. The van der Waals surface area contributed by atoms with Crippen molar-refractivity contribution in [2.24, 2.45) is 0 Å². The normalized spacial score (nSPS) is 12.7. The molecule has 15 heavy (non-hydrogen) atoms. The van der Waals surface area contributed by atoms with E-state index < -0.39 is 0 Å². The van der Waals surface area contributed by atoms with Gasteiger partial charge in [-0.1, -0.05) is 39.5 Å². The third-order valence-corrected chi connectivity index (χ3v) is 2.57. The molecule has 1 atom stereocenters. The van der Waals surface area contributed by atoms with Gasteiger partial charge in [0.25, 0.3) is 0 Å². The Morgan fingerprint density at radius 3 is 2.47 bits per heavy atom. The van der Waals surface area contributed by atoms with E-state index in [-0.39, 0.29) is 5.82 Å². The molecule has 2 nitrogen and oxygen atoms in total. The second-order valence-electron chi connectivity index (χ2n) is 4.01. The van der Waals surface area contributed by atoms with Gasteiger partial charge >= 0.3 is 0 Å². The van der Waals surface area contributed by atoms with Gasteiger partial charge in [-0.05, 0) is 6.42 Å². The van der Waals surface area contributed by atoms with Crippen LogP contribution in [0.15, 0.2) is 12.4 Å². The Kier molecular flexibility index (Phi) is 5.22. The van der Waals surface area contributed by atoms with Crippen LogP contribution in [-0.4, -0.2) is 9.97 Å². The highest BCUT2D eigenvalue weighted by Crippen LogP contribution is 2.18. The summed E-state index contributed by atoms with van der Waals surface area (Å²) in [4.78, 5) is 7.98. The molecule has 84 valence electrons. The molecule has 1 unspecified atom stereocenters.